The Morgan fingerprint density at radius 2 is 1.92 bits per heavy atom. The van der Waals surface area contributed by atoms with Crippen LogP contribution >= 0.6 is 0 Å². The molecule has 0 bridgehead atoms. The Kier molecular flexibility index (Phi) is 3.66. The number of rotatable bonds is 1. The van der Waals surface area contributed by atoms with Gasteiger partial charge in [-0.1, -0.05) is 0 Å². The lowest BCUT2D eigenvalue weighted by Gasteiger charge is -2.40. The van der Waals surface area contributed by atoms with Crippen molar-refractivity contribution >= 4 is 11.5 Å². The smallest absolute Gasteiger partial charge is 0.378 e. The van der Waals surface area contributed by atoms with Crippen LogP contribution in [0.15, 0.2) is 0 Å². The van der Waals surface area contributed by atoms with Crippen molar-refractivity contribution in [3.05, 3.63) is 17.0 Å². The second-order valence-electron chi connectivity index (χ2n) is 6.59. The van der Waals surface area contributed by atoms with Crippen LogP contribution in [0.1, 0.15) is 23.4 Å². The highest BCUT2D eigenvalue weighted by molar-refractivity contribution is 5.59. The summed E-state index contributed by atoms with van der Waals surface area (Å²) in [6, 6.07) is 0. The SMILES string of the molecule is Cc1c(N2CCOC3(CCOC3)C2)nn2c(C(F)(F)F)nnc2c1C. The molecule has 2 aliphatic heterocycles. The Balaban J connectivity index is 1.80. The summed E-state index contributed by atoms with van der Waals surface area (Å²) in [4.78, 5) is 1.97. The zero-order chi connectivity index (χ0) is 17.8. The zero-order valence-corrected chi connectivity index (χ0v) is 13.9. The third-order valence-electron chi connectivity index (χ3n) is 4.94. The number of alkyl halides is 3. The van der Waals surface area contributed by atoms with Crippen LogP contribution in [0, 0.1) is 13.8 Å². The van der Waals surface area contributed by atoms with Crippen molar-refractivity contribution in [1.29, 1.82) is 0 Å². The molecule has 4 rings (SSSR count). The molecule has 0 N–H and O–H groups in total. The van der Waals surface area contributed by atoms with Gasteiger partial charge in [0.1, 0.15) is 5.60 Å². The summed E-state index contributed by atoms with van der Waals surface area (Å²) in [6.07, 6.45) is -3.85. The van der Waals surface area contributed by atoms with Crippen molar-refractivity contribution in [2.45, 2.75) is 32.0 Å². The molecule has 1 spiro atoms. The van der Waals surface area contributed by atoms with Gasteiger partial charge in [-0.25, -0.2) is 0 Å². The third-order valence-corrected chi connectivity index (χ3v) is 4.94. The van der Waals surface area contributed by atoms with Gasteiger partial charge in [0.25, 0.3) is 5.82 Å². The minimum absolute atomic E-state index is 0.126. The summed E-state index contributed by atoms with van der Waals surface area (Å²) in [6.45, 7) is 6.27. The molecule has 0 saturated carbocycles. The summed E-state index contributed by atoms with van der Waals surface area (Å²) in [5.41, 5.74) is 1.15. The summed E-state index contributed by atoms with van der Waals surface area (Å²) >= 11 is 0. The quantitative estimate of drug-likeness (QED) is 0.775. The van der Waals surface area contributed by atoms with Gasteiger partial charge in [-0.05, 0) is 13.8 Å². The maximum Gasteiger partial charge on any atom is 0.453 e. The summed E-state index contributed by atoms with van der Waals surface area (Å²) in [7, 11) is 0. The van der Waals surface area contributed by atoms with E-state index in [-0.39, 0.29) is 5.65 Å². The van der Waals surface area contributed by atoms with Gasteiger partial charge in [0.15, 0.2) is 11.5 Å². The highest BCUT2D eigenvalue weighted by atomic mass is 19.4. The number of morpholine rings is 1. The van der Waals surface area contributed by atoms with E-state index in [9.17, 15) is 13.2 Å². The average Bonchev–Trinajstić information content (AvgIpc) is 3.17. The molecule has 10 heteroatoms. The first-order valence-corrected chi connectivity index (χ1v) is 8.07. The maximum atomic E-state index is 13.2. The van der Waals surface area contributed by atoms with Gasteiger partial charge >= 0.3 is 6.18 Å². The van der Waals surface area contributed by atoms with Crippen molar-refractivity contribution in [1.82, 2.24) is 19.8 Å². The molecule has 136 valence electrons. The van der Waals surface area contributed by atoms with E-state index in [1.165, 1.54) is 0 Å². The number of anilines is 1. The fourth-order valence-corrected chi connectivity index (χ4v) is 3.44. The lowest BCUT2D eigenvalue weighted by Crippen LogP contribution is -2.53. The number of halogens is 3. The molecule has 0 amide bonds. The number of fused-ring (bicyclic) bond motifs is 1. The molecular weight excluding hydrogens is 339 g/mol. The molecule has 7 nitrogen and oxygen atoms in total. The van der Waals surface area contributed by atoms with Crippen molar-refractivity contribution < 1.29 is 22.6 Å². The van der Waals surface area contributed by atoms with Gasteiger partial charge in [0.05, 0.1) is 19.8 Å². The molecule has 25 heavy (non-hydrogen) atoms. The molecule has 2 aromatic heterocycles. The third kappa shape index (κ3) is 2.63. The van der Waals surface area contributed by atoms with Gasteiger partial charge in [-0.3, -0.25) is 0 Å². The topological polar surface area (TPSA) is 64.8 Å². The van der Waals surface area contributed by atoms with Crippen LogP contribution in [0.3, 0.4) is 0 Å². The summed E-state index contributed by atoms with van der Waals surface area (Å²) < 4.78 is 51.7. The van der Waals surface area contributed by atoms with Gasteiger partial charge in [0.2, 0.25) is 0 Å². The van der Waals surface area contributed by atoms with Gasteiger partial charge < -0.3 is 14.4 Å². The zero-order valence-electron chi connectivity index (χ0n) is 13.9. The molecule has 0 radical (unpaired) electrons. The Morgan fingerprint density at radius 1 is 1.12 bits per heavy atom. The largest absolute Gasteiger partial charge is 0.453 e. The minimum Gasteiger partial charge on any atom is -0.378 e. The van der Waals surface area contributed by atoms with Crippen LogP contribution in [0.4, 0.5) is 19.0 Å². The first kappa shape index (κ1) is 16.5. The fraction of sp³-hybridized carbons (Fsp3) is 0.667. The van der Waals surface area contributed by atoms with Crippen LogP contribution in [-0.2, 0) is 15.7 Å². The number of hydrogen-bond acceptors (Lipinski definition) is 6. The van der Waals surface area contributed by atoms with E-state index >= 15 is 0 Å². The lowest BCUT2D eigenvalue weighted by molar-refractivity contribution is -0.146. The van der Waals surface area contributed by atoms with Gasteiger partial charge in [-0.15, -0.1) is 15.3 Å². The minimum atomic E-state index is -4.61. The van der Waals surface area contributed by atoms with E-state index < -0.39 is 17.6 Å². The summed E-state index contributed by atoms with van der Waals surface area (Å²) in [5, 5.41) is 11.2. The maximum absolute atomic E-state index is 13.2. The van der Waals surface area contributed by atoms with Crippen molar-refractivity contribution in [3.8, 4) is 0 Å². The van der Waals surface area contributed by atoms with E-state index in [1.807, 2.05) is 11.8 Å². The van der Waals surface area contributed by atoms with Crippen LogP contribution in [0.25, 0.3) is 5.65 Å². The molecule has 2 aliphatic rings. The number of nitrogens with zero attached hydrogens (tertiary/aromatic N) is 5. The molecule has 0 aromatic carbocycles. The van der Waals surface area contributed by atoms with Crippen LogP contribution in [-0.4, -0.2) is 58.3 Å². The first-order valence-electron chi connectivity index (χ1n) is 8.07. The Labute approximate surface area is 141 Å². The molecule has 2 fully saturated rings. The predicted octanol–water partition coefficient (Wildman–Crippen LogP) is 1.76. The first-order chi connectivity index (χ1) is 11.8. The molecule has 4 heterocycles. The number of aromatic nitrogens is 4. The molecule has 2 saturated heterocycles. The highest BCUT2D eigenvalue weighted by Crippen LogP contribution is 2.33. The Bertz CT molecular complexity index is 814. The van der Waals surface area contributed by atoms with Crippen molar-refractivity contribution in [3.63, 3.8) is 0 Å². The van der Waals surface area contributed by atoms with E-state index in [0.29, 0.717) is 44.3 Å². The van der Waals surface area contributed by atoms with E-state index in [1.54, 1.807) is 6.92 Å². The molecule has 1 atom stereocenters. The van der Waals surface area contributed by atoms with Crippen LogP contribution in [0.5, 0.6) is 0 Å². The highest BCUT2D eigenvalue weighted by Gasteiger charge is 2.42. The second-order valence-corrected chi connectivity index (χ2v) is 6.59. The van der Waals surface area contributed by atoms with Crippen LogP contribution in [0.2, 0.25) is 0 Å². The Hall–Kier alpha value is -1.94. The Morgan fingerprint density at radius 3 is 2.60 bits per heavy atom. The fourth-order valence-electron chi connectivity index (χ4n) is 3.44. The molecule has 0 aliphatic carbocycles. The monoisotopic (exact) mass is 357 g/mol. The van der Waals surface area contributed by atoms with E-state index in [0.717, 1.165) is 16.5 Å². The standard InChI is InChI=1S/C15H18F3N5O2/c1-9-10(2)12(21-23-11(9)19-20-13(23)15(16,17)18)22-4-6-25-14(7-22)3-5-24-8-14/h3-8H2,1-2H3. The average molecular weight is 357 g/mol. The molecular formula is C15H18F3N5O2. The van der Waals surface area contributed by atoms with Gasteiger partial charge in [-0.2, -0.15) is 17.7 Å². The molecule has 1 unspecified atom stereocenters. The van der Waals surface area contributed by atoms with E-state index in [2.05, 4.69) is 15.3 Å². The van der Waals surface area contributed by atoms with Crippen molar-refractivity contribution in [2.75, 3.05) is 37.8 Å². The predicted molar refractivity (Wildman–Crippen MR) is 81.6 cm³/mol. The number of aryl methyl sites for hydroxylation is 1. The number of ether oxygens (including phenoxy) is 2. The normalized spacial score (nSPS) is 24.6. The molecule has 2 aromatic rings. The number of hydrogen-bond donors (Lipinski definition) is 0. The van der Waals surface area contributed by atoms with E-state index in [4.69, 9.17) is 9.47 Å². The lowest BCUT2D eigenvalue weighted by atomic mass is 10.0. The second kappa shape index (κ2) is 5.53. The summed E-state index contributed by atoms with van der Waals surface area (Å²) in [5.74, 6) is -0.608. The van der Waals surface area contributed by atoms with Gasteiger partial charge in [0, 0.05) is 30.7 Å². The van der Waals surface area contributed by atoms with Crippen LogP contribution < -0.4 is 4.90 Å². The van der Waals surface area contributed by atoms with Crippen molar-refractivity contribution in [2.24, 2.45) is 0 Å².